The first kappa shape index (κ1) is 16.4. The van der Waals surface area contributed by atoms with Gasteiger partial charge in [0, 0.05) is 37.2 Å². The van der Waals surface area contributed by atoms with Gasteiger partial charge in [0.2, 0.25) is 0 Å². The molecule has 0 aliphatic carbocycles. The molecule has 1 atom stereocenters. The zero-order valence-corrected chi connectivity index (χ0v) is 15.0. The quantitative estimate of drug-likeness (QED) is 0.837. The molecule has 2 amide bonds. The van der Waals surface area contributed by atoms with Crippen molar-refractivity contribution in [1.82, 2.24) is 14.5 Å². The highest BCUT2D eigenvalue weighted by Crippen LogP contribution is 2.30. The fourth-order valence-corrected chi connectivity index (χ4v) is 3.90. The molecule has 1 aromatic carbocycles. The molecular formula is C19H26N4O2. The van der Waals surface area contributed by atoms with Gasteiger partial charge >= 0.3 is 6.03 Å². The van der Waals surface area contributed by atoms with Crippen LogP contribution in [0, 0.1) is 5.41 Å². The normalized spacial score (nSPS) is 22.7. The number of aryl methyl sites for hydroxylation is 2. The predicted molar refractivity (Wildman–Crippen MR) is 97.7 cm³/mol. The maximum Gasteiger partial charge on any atom is 0.321 e. The number of hydrogen-bond donors (Lipinski definition) is 2. The van der Waals surface area contributed by atoms with Gasteiger partial charge in [-0.3, -0.25) is 0 Å². The van der Waals surface area contributed by atoms with Crippen molar-refractivity contribution in [1.29, 1.82) is 0 Å². The monoisotopic (exact) mass is 342 g/mol. The summed E-state index contributed by atoms with van der Waals surface area (Å²) in [5, 5.41) is 13.0. The minimum absolute atomic E-state index is 0.162. The van der Waals surface area contributed by atoms with E-state index in [2.05, 4.69) is 16.0 Å². The number of aliphatic hydroxyl groups excluding tert-OH is 1. The van der Waals surface area contributed by atoms with E-state index in [0.717, 1.165) is 35.5 Å². The van der Waals surface area contributed by atoms with Crippen LogP contribution in [0.1, 0.15) is 38.9 Å². The molecule has 2 aromatic rings. The zero-order valence-electron chi connectivity index (χ0n) is 15.0. The number of nitrogens with zero attached hydrogens (tertiary/aromatic N) is 3. The van der Waals surface area contributed by atoms with E-state index in [1.165, 1.54) is 19.3 Å². The number of imidazole rings is 1. The van der Waals surface area contributed by atoms with Crippen LogP contribution in [0.5, 0.6) is 0 Å². The molecule has 3 heterocycles. The number of β-amino-alcohol motifs (C(OH)–C–C–N with tert-alkyl or cyclic N) is 1. The smallest absolute Gasteiger partial charge is 0.321 e. The molecule has 0 saturated carbocycles. The Morgan fingerprint density at radius 3 is 2.92 bits per heavy atom. The van der Waals surface area contributed by atoms with E-state index in [9.17, 15) is 9.90 Å². The highest BCUT2D eigenvalue weighted by atomic mass is 16.3. The number of rotatable bonds is 1. The minimum atomic E-state index is -0.482. The van der Waals surface area contributed by atoms with Gasteiger partial charge in [-0.05, 0) is 31.0 Å². The molecule has 6 heteroatoms. The summed E-state index contributed by atoms with van der Waals surface area (Å²) in [6, 6.07) is 5.78. The lowest BCUT2D eigenvalue weighted by atomic mass is 9.90. The van der Waals surface area contributed by atoms with Gasteiger partial charge in [0.25, 0.3) is 0 Å². The fraction of sp³-hybridized carbons (Fsp3) is 0.579. The summed E-state index contributed by atoms with van der Waals surface area (Å²) >= 11 is 0. The molecule has 4 rings (SSSR count). The summed E-state index contributed by atoms with van der Waals surface area (Å²) < 4.78 is 2.31. The Morgan fingerprint density at radius 1 is 1.32 bits per heavy atom. The standard InChI is InChI=1S/C19H26N4O2/c1-19(2)12-22(11-16(19)24)18(25)20-13-7-8-15-14(10-13)21-17-6-4-3-5-9-23(15)17/h7-8,10,16,24H,3-6,9,11-12H2,1-2H3,(H,20,25)/t16-/m1/s1. The molecule has 2 aliphatic rings. The Labute approximate surface area is 147 Å². The van der Waals surface area contributed by atoms with Gasteiger partial charge in [-0.25, -0.2) is 9.78 Å². The number of aliphatic hydroxyl groups is 1. The molecule has 134 valence electrons. The SMILES string of the molecule is CC1(C)CN(C(=O)Nc2ccc3c(c2)nc2n3CCCCC2)C[C@H]1O. The molecule has 6 nitrogen and oxygen atoms in total. The summed E-state index contributed by atoms with van der Waals surface area (Å²) in [7, 11) is 0. The number of urea groups is 1. The Hall–Kier alpha value is -2.08. The second kappa shape index (κ2) is 6.02. The fourth-order valence-electron chi connectivity index (χ4n) is 3.90. The van der Waals surface area contributed by atoms with Crippen LogP contribution in [0.15, 0.2) is 18.2 Å². The topological polar surface area (TPSA) is 70.4 Å². The highest BCUT2D eigenvalue weighted by molar-refractivity contribution is 5.92. The first-order chi connectivity index (χ1) is 11.9. The number of carbonyl (C=O) groups excluding carboxylic acids is 1. The third-order valence-electron chi connectivity index (χ3n) is 5.54. The van der Waals surface area contributed by atoms with Crippen molar-refractivity contribution in [2.75, 3.05) is 18.4 Å². The van der Waals surface area contributed by atoms with Crippen LogP contribution in [-0.4, -0.2) is 44.8 Å². The number of carbonyl (C=O) groups is 1. The lowest BCUT2D eigenvalue weighted by Gasteiger charge is -2.21. The summed E-state index contributed by atoms with van der Waals surface area (Å²) in [6.45, 7) is 5.92. The van der Waals surface area contributed by atoms with E-state index >= 15 is 0 Å². The molecule has 0 unspecified atom stereocenters. The second-order valence-electron chi connectivity index (χ2n) is 8.01. The number of fused-ring (bicyclic) bond motifs is 3. The van der Waals surface area contributed by atoms with Gasteiger partial charge in [-0.1, -0.05) is 20.3 Å². The lowest BCUT2D eigenvalue weighted by Crippen LogP contribution is -2.34. The van der Waals surface area contributed by atoms with Crippen LogP contribution >= 0.6 is 0 Å². The lowest BCUT2D eigenvalue weighted by molar-refractivity contribution is 0.0957. The van der Waals surface area contributed by atoms with E-state index in [-0.39, 0.29) is 11.4 Å². The van der Waals surface area contributed by atoms with E-state index < -0.39 is 6.10 Å². The van der Waals surface area contributed by atoms with E-state index in [4.69, 9.17) is 4.98 Å². The van der Waals surface area contributed by atoms with Crippen LogP contribution in [0.4, 0.5) is 10.5 Å². The summed E-state index contributed by atoms with van der Waals surface area (Å²) in [6.07, 6.45) is 4.20. The third kappa shape index (κ3) is 2.99. The highest BCUT2D eigenvalue weighted by Gasteiger charge is 2.40. The Balaban J connectivity index is 1.53. The molecule has 25 heavy (non-hydrogen) atoms. The maximum absolute atomic E-state index is 12.5. The van der Waals surface area contributed by atoms with Crippen LogP contribution in [0.3, 0.4) is 0 Å². The Kier molecular flexibility index (Phi) is 3.95. The zero-order chi connectivity index (χ0) is 17.6. The summed E-state index contributed by atoms with van der Waals surface area (Å²) in [4.78, 5) is 19.0. The van der Waals surface area contributed by atoms with Crippen molar-refractivity contribution in [3.05, 3.63) is 24.0 Å². The molecule has 1 saturated heterocycles. The van der Waals surface area contributed by atoms with Crippen molar-refractivity contribution in [3.8, 4) is 0 Å². The van der Waals surface area contributed by atoms with E-state index in [1.807, 2.05) is 26.0 Å². The minimum Gasteiger partial charge on any atom is -0.391 e. The van der Waals surface area contributed by atoms with E-state index in [0.29, 0.717) is 13.1 Å². The average Bonchev–Trinajstić information content (AvgIpc) is 2.92. The van der Waals surface area contributed by atoms with Crippen LogP contribution in [-0.2, 0) is 13.0 Å². The summed E-state index contributed by atoms with van der Waals surface area (Å²) in [5.41, 5.74) is 2.58. The van der Waals surface area contributed by atoms with E-state index in [1.54, 1.807) is 4.90 Å². The molecule has 0 spiro atoms. The maximum atomic E-state index is 12.5. The average molecular weight is 342 g/mol. The Morgan fingerprint density at radius 2 is 2.16 bits per heavy atom. The van der Waals surface area contributed by atoms with Gasteiger partial charge in [0.05, 0.1) is 17.1 Å². The second-order valence-corrected chi connectivity index (χ2v) is 8.01. The first-order valence-corrected chi connectivity index (χ1v) is 9.17. The molecule has 1 aromatic heterocycles. The van der Waals surface area contributed by atoms with Gasteiger partial charge in [-0.15, -0.1) is 0 Å². The van der Waals surface area contributed by atoms with Crippen molar-refractivity contribution in [3.63, 3.8) is 0 Å². The van der Waals surface area contributed by atoms with Gasteiger partial charge in [-0.2, -0.15) is 0 Å². The third-order valence-corrected chi connectivity index (χ3v) is 5.54. The van der Waals surface area contributed by atoms with Crippen LogP contribution < -0.4 is 5.32 Å². The molecule has 2 N–H and O–H groups in total. The van der Waals surface area contributed by atoms with Crippen molar-refractivity contribution in [2.45, 2.75) is 52.2 Å². The molecule has 1 fully saturated rings. The molecule has 0 bridgehead atoms. The van der Waals surface area contributed by atoms with Crippen LogP contribution in [0.25, 0.3) is 11.0 Å². The predicted octanol–water partition coefficient (Wildman–Crippen LogP) is 3.00. The molecule has 0 radical (unpaired) electrons. The molecular weight excluding hydrogens is 316 g/mol. The number of amides is 2. The van der Waals surface area contributed by atoms with Gasteiger partial charge in [0.1, 0.15) is 5.82 Å². The number of nitrogens with one attached hydrogen (secondary N) is 1. The van der Waals surface area contributed by atoms with Crippen molar-refractivity contribution >= 4 is 22.8 Å². The van der Waals surface area contributed by atoms with Crippen molar-refractivity contribution in [2.24, 2.45) is 5.41 Å². The van der Waals surface area contributed by atoms with Gasteiger partial charge < -0.3 is 19.9 Å². The molecule has 2 aliphatic heterocycles. The largest absolute Gasteiger partial charge is 0.391 e. The number of anilines is 1. The van der Waals surface area contributed by atoms with Crippen molar-refractivity contribution < 1.29 is 9.90 Å². The number of hydrogen-bond acceptors (Lipinski definition) is 3. The van der Waals surface area contributed by atoms with Gasteiger partial charge in [0.15, 0.2) is 0 Å². The Bertz CT molecular complexity index is 811. The van der Waals surface area contributed by atoms with Crippen LogP contribution in [0.2, 0.25) is 0 Å². The summed E-state index contributed by atoms with van der Waals surface area (Å²) in [5.74, 6) is 1.15. The number of aromatic nitrogens is 2. The number of likely N-dealkylation sites (tertiary alicyclic amines) is 1. The number of benzene rings is 1. The first-order valence-electron chi connectivity index (χ1n) is 9.17.